The zero-order valence-corrected chi connectivity index (χ0v) is 15.2. The van der Waals surface area contributed by atoms with Crippen LogP contribution in [-0.4, -0.2) is 50.0 Å². The number of amides is 1. The molecule has 1 heterocycles. The van der Waals surface area contributed by atoms with Crippen molar-refractivity contribution >= 4 is 6.09 Å². The number of hydrogen-bond donors (Lipinski definition) is 0. The number of carbonyl (C=O) groups excluding carboxylic acids is 1. The second-order valence-electron chi connectivity index (χ2n) is 7.16. The molecule has 0 aromatic heterocycles. The number of hydrogen-bond acceptors (Lipinski definition) is 4. The Kier molecular flexibility index (Phi) is 6.49. The van der Waals surface area contributed by atoms with E-state index in [9.17, 15) is 4.79 Å². The lowest BCUT2D eigenvalue weighted by atomic mass is 9.89. The van der Waals surface area contributed by atoms with Crippen molar-refractivity contribution in [1.82, 2.24) is 4.90 Å². The maximum atomic E-state index is 12.1. The molecule has 1 aliphatic heterocycles. The van der Waals surface area contributed by atoms with Crippen molar-refractivity contribution < 1.29 is 19.0 Å². The lowest BCUT2D eigenvalue weighted by molar-refractivity contribution is 0.0205. The molecule has 0 bridgehead atoms. The zero-order chi connectivity index (χ0) is 17.6. The summed E-state index contributed by atoms with van der Waals surface area (Å²) in [4.78, 5) is 13.9. The summed E-state index contributed by atoms with van der Waals surface area (Å²) in [6.07, 6.45) is 1.68. The highest BCUT2D eigenvalue weighted by Crippen LogP contribution is 2.30. The first-order chi connectivity index (χ1) is 11.4. The molecule has 0 saturated carbocycles. The maximum absolute atomic E-state index is 12.1. The first-order valence-electron chi connectivity index (χ1n) is 8.58. The number of piperidine rings is 1. The summed E-state index contributed by atoms with van der Waals surface area (Å²) in [6.45, 7) is 8.28. The minimum atomic E-state index is -0.443. The van der Waals surface area contributed by atoms with Crippen LogP contribution in [0.4, 0.5) is 4.79 Å². The first-order valence-corrected chi connectivity index (χ1v) is 8.58. The van der Waals surface area contributed by atoms with E-state index in [2.05, 4.69) is 12.1 Å². The van der Waals surface area contributed by atoms with Gasteiger partial charge in [-0.1, -0.05) is 12.1 Å². The highest BCUT2D eigenvalue weighted by molar-refractivity contribution is 5.68. The molecule has 0 atom stereocenters. The van der Waals surface area contributed by atoms with Gasteiger partial charge in [0.15, 0.2) is 0 Å². The zero-order valence-electron chi connectivity index (χ0n) is 15.2. The quantitative estimate of drug-likeness (QED) is 0.767. The number of nitrogens with zero attached hydrogens (tertiary/aromatic N) is 1. The number of rotatable bonds is 5. The largest absolute Gasteiger partial charge is 0.491 e. The van der Waals surface area contributed by atoms with Crippen LogP contribution in [0.25, 0.3) is 0 Å². The summed E-state index contributed by atoms with van der Waals surface area (Å²) in [5.41, 5.74) is 0.829. The number of carbonyl (C=O) groups is 1. The lowest BCUT2D eigenvalue weighted by Crippen LogP contribution is -2.41. The normalized spacial score (nSPS) is 16.1. The van der Waals surface area contributed by atoms with E-state index in [4.69, 9.17) is 14.2 Å². The molecular formula is C19H29NO4. The van der Waals surface area contributed by atoms with Gasteiger partial charge in [-0.3, -0.25) is 0 Å². The minimum absolute atomic E-state index is 0.211. The van der Waals surface area contributed by atoms with Gasteiger partial charge in [-0.15, -0.1) is 0 Å². The van der Waals surface area contributed by atoms with Crippen molar-refractivity contribution in [2.24, 2.45) is 0 Å². The van der Waals surface area contributed by atoms with E-state index in [1.165, 1.54) is 5.56 Å². The number of ether oxygens (including phenoxy) is 3. The van der Waals surface area contributed by atoms with Crippen LogP contribution in [0.1, 0.15) is 45.1 Å². The molecule has 1 aliphatic rings. The molecule has 1 amide bonds. The van der Waals surface area contributed by atoms with Crippen LogP contribution in [0.3, 0.4) is 0 Å². The molecule has 0 N–H and O–H groups in total. The third kappa shape index (κ3) is 5.71. The molecule has 24 heavy (non-hydrogen) atoms. The van der Waals surface area contributed by atoms with Gasteiger partial charge in [0.2, 0.25) is 0 Å². The van der Waals surface area contributed by atoms with Crippen molar-refractivity contribution in [3.63, 3.8) is 0 Å². The predicted molar refractivity (Wildman–Crippen MR) is 93.6 cm³/mol. The van der Waals surface area contributed by atoms with Gasteiger partial charge < -0.3 is 19.1 Å². The summed E-state index contributed by atoms with van der Waals surface area (Å²) >= 11 is 0. The van der Waals surface area contributed by atoms with Crippen LogP contribution in [0.2, 0.25) is 0 Å². The van der Waals surface area contributed by atoms with E-state index in [-0.39, 0.29) is 6.09 Å². The summed E-state index contributed by atoms with van der Waals surface area (Å²) in [5, 5.41) is 0. The highest BCUT2D eigenvalue weighted by Gasteiger charge is 2.27. The summed E-state index contributed by atoms with van der Waals surface area (Å²) in [6, 6.07) is 8.23. The fourth-order valence-electron chi connectivity index (χ4n) is 2.82. The lowest BCUT2D eigenvalue weighted by Gasteiger charge is -2.33. The van der Waals surface area contributed by atoms with Crippen LogP contribution in [0.15, 0.2) is 24.3 Å². The van der Waals surface area contributed by atoms with Crippen LogP contribution >= 0.6 is 0 Å². The van der Waals surface area contributed by atoms with Crippen molar-refractivity contribution in [3.8, 4) is 5.75 Å². The molecule has 2 rings (SSSR count). The molecule has 134 valence electrons. The number of likely N-dealkylation sites (tertiary alicyclic amines) is 1. The first kappa shape index (κ1) is 18.6. The summed E-state index contributed by atoms with van der Waals surface area (Å²) in [7, 11) is 1.66. The summed E-state index contributed by atoms with van der Waals surface area (Å²) in [5.74, 6) is 1.33. The number of benzene rings is 1. The van der Waals surface area contributed by atoms with E-state index in [1.54, 1.807) is 12.0 Å². The second-order valence-corrected chi connectivity index (χ2v) is 7.16. The average molecular weight is 335 g/mol. The smallest absolute Gasteiger partial charge is 0.410 e. The fraction of sp³-hybridized carbons (Fsp3) is 0.632. The summed E-state index contributed by atoms with van der Waals surface area (Å²) < 4.78 is 16.1. The van der Waals surface area contributed by atoms with Gasteiger partial charge in [0.05, 0.1) is 6.61 Å². The van der Waals surface area contributed by atoms with E-state index in [0.29, 0.717) is 19.1 Å². The third-order valence-corrected chi connectivity index (χ3v) is 4.03. The van der Waals surface area contributed by atoms with Crippen LogP contribution < -0.4 is 4.74 Å². The molecule has 1 fully saturated rings. The van der Waals surface area contributed by atoms with Crippen molar-refractivity contribution in [2.45, 2.75) is 45.1 Å². The Hall–Kier alpha value is -1.75. The Labute approximate surface area is 144 Å². The Balaban J connectivity index is 1.88. The molecule has 1 saturated heterocycles. The molecule has 5 nitrogen and oxygen atoms in total. The predicted octanol–water partition coefficient (Wildman–Crippen LogP) is 3.83. The monoisotopic (exact) mass is 335 g/mol. The van der Waals surface area contributed by atoms with Gasteiger partial charge in [-0.2, -0.15) is 0 Å². The average Bonchev–Trinajstić information content (AvgIpc) is 2.54. The van der Waals surface area contributed by atoms with Gasteiger partial charge in [-0.25, -0.2) is 4.79 Å². The molecule has 5 heteroatoms. The minimum Gasteiger partial charge on any atom is -0.491 e. The van der Waals surface area contributed by atoms with Gasteiger partial charge in [0.25, 0.3) is 0 Å². The SMILES string of the molecule is COCCOc1cccc(C2CCN(C(=O)OC(C)(C)C)CC2)c1. The Bertz CT molecular complexity index is 530. The Morgan fingerprint density at radius 1 is 1.21 bits per heavy atom. The van der Waals surface area contributed by atoms with Gasteiger partial charge in [-0.05, 0) is 57.2 Å². The van der Waals surface area contributed by atoms with Gasteiger partial charge in [0, 0.05) is 20.2 Å². The highest BCUT2D eigenvalue weighted by atomic mass is 16.6. The van der Waals surface area contributed by atoms with Crippen molar-refractivity contribution in [1.29, 1.82) is 0 Å². The van der Waals surface area contributed by atoms with E-state index >= 15 is 0 Å². The Morgan fingerprint density at radius 3 is 2.54 bits per heavy atom. The topological polar surface area (TPSA) is 48.0 Å². The second kappa shape index (κ2) is 8.38. The van der Waals surface area contributed by atoms with Crippen molar-refractivity contribution in [2.75, 3.05) is 33.4 Å². The van der Waals surface area contributed by atoms with E-state index < -0.39 is 5.60 Å². The Morgan fingerprint density at radius 2 is 1.92 bits per heavy atom. The van der Waals surface area contributed by atoms with Crippen LogP contribution in [0.5, 0.6) is 5.75 Å². The molecule has 0 aliphatic carbocycles. The molecule has 1 aromatic carbocycles. The van der Waals surface area contributed by atoms with E-state index in [0.717, 1.165) is 31.7 Å². The molecule has 0 spiro atoms. The third-order valence-electron chi connectivity index (χ3n) is 4.03. The molecule has 1 aromatic rings. The molecule has 0 unspecified atom stereocenters. The van der Waals surface area contributed by atoms with Gasteiger partial charge in [0.1, 0.15) is 18.0 Å². The van der Waals surface area contributed by atoms with Crippen LogP contribution in [-0.2, 0) is 9.47 Å². The number of methoxy groups -OCH3 is 1. The van der Waals surface area contributed by atoms with Crippen molar-refractivity contribution in [3.05, 3.63) is 29.8 Å². The standard InChI is InChI=1S/C19H29NO4/c1-19(2,3)24-18(21)20-10-8-15(9-11-20)16-6-5-7-17(14-16)23-13-12-22-4/h5-7,14-15H,8-13H2,1-4H3. The van der Waals surface area contributed by atoms with Crippen LogP contribution in [0, 0.1) is 0 Å². The maximum Gasteiger partial charge on any atom is 0.410 e. The van der Waals surface area contributed by atoms with Gasteiger partial charge >= 0.3 is 6.09 Å². The van der Waals surface area contributed by atoms with E-state index in [1.807, 2.05) is 32.9 Å². The molecular weight excluding hydrogens is 306 g/mol. The fourth-order valence-corrected chi connectivity index (χ4v) is 2.82. The molecule has 0 radical (unpaired) electrons.